The van der Waals surface area contributed by atoms with E-state index in [0.717, 1.165) is 18.7 Å². The molecule has 0 saturated carbocycles. The van der Waals surface area contributed by atoms with Gasteiger partial charge in [0.2, 0.25) is 0 Å². The summed E-state index contributed by atoms with van der Waals surface area (Å²) in [5.74, 6) is 0.236. The molecule has 1 aromatic carbocycles. The molecule has 0 aliphatic rings. The summed E-state index contributed by atoms with van der Waals surface area (Å²) in [5, 5.41) is 3.22. The third-order valence-electron chi connectivity index (χ3n) is 3.26. The Morgan fingerprint density at radius 2 is 2.00 bits per heavy atom. The van der Waals surface area contributed by atoms with Crippen molar-refractivity contribution in [2.75, 3.05) is 27.2 Å². The maximum atomic E-state index is 13.8. The van der Waals surface area contributed by atoms with Crippen molar-refractivity contribution in [1.82, 2.24) is 10.2 Å². The van der Waals surface area contributed by atoms with E-state index in [1.165, 1.54) is 6.07 Å². The highest BCUT2D eigenvalue weighted by Gasteiger charge is 2.21. The van der Waals surface area contributed by atoms with Crippen molar-refractivity contribution in [3.05, 3.63) is 35.6 Å². The molecule has 0 amide bonds. The first kappa shape index (κ1) is 14.1. The first-order valence-electron chi connectivity index (χ1n) is 6.20. The van der Waals surface area contributed by atoms with Crippen LogP contribution in [-0.2, 0) is 0 Å². The molecule has 0 aliphatic heterocycles. The Labute approximate surface area is 104 Å². The van der Waals surface area contributed by atoms with Crippen molar-refractivity contribution >= 4 is 0 Å². The minimum atomic E-state index is -0.127. The molecule has 96 valence electrons. The van der Waals surface area contributed by atoms with Gasteiger partial charge in [0.05, 0.1) is 0 Å². The van der Waals surface area contributed by atoms with Crippen LogP contribution in [0.4, 0.5) is 4.39 Å². The van der Waals surface area contributed by atoms with Crippen molar-refractivity contribution in [1.29, 1.82) is 0 Å². The second-order valence-corrected chi connectivity index (χ2v) is 4.62. The zero-order valence-corrected chi connectivity index (χ0v) is 11.2. The van der Waals surface area contributed by atoms with Gasteiger partial charge in [-0.2, -0.15) is 0 Å². The van der Waals surface area contributed by atoms with E-state index in [2.05, 4.69) is 31.1 Å². The second-order valence-electron chi connectivity index (χ2n) is 4.62. The molecule has 0 fully saturated rings. The van der Waals surface area contributed by atoms with Crippen molar-refractivity contribution in [3.63, 3.8) is 0 Å². The van der Waals surface area contributed by atoms with Gasteiger partial charge in [-0.25, -0.2) is 4.39 Å². The lowest BCUT2D eigenvalue weighted by Crippen LogP contribution is -2.33. The van der Waals surface area contributed by atoms with Crippen LogP contribution in [-0.4, -0.2) is 32.1 Å². The molecular weight excluding hydrogens is 215 g/mol. The molecule has 0 bridgehead atoms. The van der Waals surface area contributed by atoms with Crippen LogP contribution in [0, 0.1) is 11.7 Å². The summed E-state index contributed by atoms with van der Waals surface area (Å²) >= 11 is 0. The van der Waals surface area contributed by atoms with Crippen LogP contribution in [0.5, 0.6) is 0 Å². The second kappa shape index (κ2) is 6.72. The first-order valence-corrected chi connectivity index (χ1v) is 6.20. The van der Waals surface area contributed by atoms with Crippen molar-refractivity contribution < 1.29 is 4.39 Å². The summed E-state index contributed by atoms with van der Waals surface area (Å²) < 4.78 is 13.8. The van der Waals surface area contributed by atoms with Gasteiger partial charge in [0, 0.05) is 18.2 Å². The van der Waals surface area contributed by atoms with E-state index in [4.69, 9.17) is 0 Å². The molecule has 0 aliphatic carbocycles. The Morgan fingerprint density at radius 3 is 2.53 bits per heavy atom. The Kier molecular flexibility index (Phi) is 5.59. The van der Waals surface area contributed by atoms with Gasteiger partial charge in [-0.3, -0.25) is 0 Å². The van der Waals surface area contributed by atoms with Gasteiger partial charge in [-0.15, -0.1) is 0 Å². The maximum Gasteiger partial charge on any atom is 0.127 e. The lowest BCUT2D eigenvalue weighted by Gasteiger charge is -2.28. The average molecular weight is 238 g/mol. The number of benzene rings is 1. The highest BCUT2D eigenvalue weighted by molar-refractivity contribution is 5.21. The fraction of sp³-hybridized carbons (Fsp3) is 0.571. The number of rotatable bonds is 6. The van der Waals surface area contributed by atoms with Crippen molar-refractivity contribution in [2.45, 2.75) is 19.9 Å². The Hall–Kier alpha value is -0.930. The molecule has 2 atom stereocenters. The highest BCUT2D eigenvalue weighted by Crippen LogP contribution is 2.24. The van der Waals surface area contributed by atoms with Crippen LogP contribution >= 0.6 is 0 Å². The molecule has 2 unspecified atom stereocenters. The molecular formula is C14H23FN2. The summed E-state index contributed by atoms with van der Waals surface area (Å²) in [6.45, 7) is 6.25. The smallest absolute Gasteiger partial charge is 0.127 e. The molecule has 1 rings (SSSR count). The fourth-order valence-corrected chi connectivity index (χ4v) is 2.20. The molecule has 3 heteroatoms. The molecule has 1 N–H and O–H groups in total. The van der Waals surface area contributed by atoms with E-state index in [1.807, 2.05) is 19.2 Å². The van der Waals surface area contributed by atoms with Crippen LogP contribution in [0.15, 0.2) is 24.3 Å². The minimum absolute atomic E-state index is 0.0604. The highest BCUT2D eigenvalue weighted by atomic mass is 19.1. The predicted molar refractivity (Wildman–Crippen MR) is 70.5 cm³/mol. The quantitative estimate of drug-likeness (QED) is 0.819. The molecule has 0 radical (unpaired) electrons. The normalized spacial score (nSPS) is 14.9. The van der Waals surface area contributed by atoms with Gasteiger partial charge < -0.3 is 10.2 Å². The number of halogens is 1. The fourth-order valence-electron chi connectivity index (χ4n) is 2.20. The van der Waals surface area contributed by atoms with E-state index >= 15 is 0 Å². The zero-order chi connectivity index (χ0) is 12.8. The molecule has 2 nitrogen and oxygen atoms in total. The number of hydrogen-bond acceptors (Lipinski definition) is 2. The maximum absolute atomic E-state index is 13.8. The monoisotopic (exact) mass is 238 g/mol. The SMILES string of the molecule is CCN(C)CC(C)C(NC)c1ccccc1F. The molecule has 17 heavy (non-hydrogen) atoms. The number of hydrogen-bond donors (Lipinski definition) is 1. The molecule has 0 saturated heterocycles. The Bertz CT molecular complexity index is 341. The lowest BCUT2D eigenvalue weighted by atomic mass is 9.94. The summed E-state index contributed by atoms with van der Waals surface area (Å²) in [6.07, 6.45) is 0. The van der Waals surface area contributed by atoms with E-state index < -0.39 is 0 Å². The van der Waals surface area contributed by atoms with Gasteiger partial charge in [0.1, 0.15) is 5.82 Å². The van der Waals surface area contributed by atoms with E-state index in [9.17, 15) is 4.39 Å². The summed E-state index contributed by atoms with van der Waals surface area (Å²) in [7, 11) is 3.98. The van der Waals surface area contributed by atoms with E-state index in [-0.39, 0.29) is 11.9 Å². The molecule has 1 aromatic rings. The van der Waals surface area contributed by atoms with Crippen LogP contribution in [0.1, 0.15) is 25.5 Å². The molecule has 0 aromatic heterocycles. The average Bonchev–Trinajstić information content (AvgIpc) is 2.32. The largest absolute Gasteiger partial charge is 0.313 e. The number of nitrogens with zero attached hydrogens (tertiary/aromatic N) is 1. The van der Waals surface area contributed by atoms with Gasteiger partial charge in [-0.05, 0) is 32.6 Å². The third kappa shape index (κ3) is 3.79. The predicted octanol–water partition coefficient (Wildman–Crippen LogP) is 2.67. The van der Waals surface area contributed by atoms with E-state index in [0.29, 0.717) is 5.92 Å². The summed E-state index contributed by atoms with van der Waals surface area (Å²) in [5.41, 5.74) is 0.756. The van der Waals surface area contributed by atoms with E-state index in [1.54, 1.807) is 6.07 Å². The van der Waals surface area contributed by atoms with Gasteiger partial charge >= 0.3 is 0 Å². The number of nitrogens with one attached hydrogen (secondary N) is 1. The molecule has 0 spiro atoms. The third-order valence-corrected chi connectivity index (χ3v) is 3.26. The van der Waals surface area contributed by atoms with Crippen LogP contribution in [0.3, 0.4) is 0 Å². The minimum Gasteiger partial charge on any atom is -0.313 e. The van der Waals surface area contributed by atoms with Crippen LogP contribution in [0.2, 0.25) is 0 Å². The van der Waals surface area contributed by atoms with Crippen molar-refractivity contribution in [2.24, 2.45) is 5.92 Å². The Balaban J connectivity index is 2.81. The lowest BCUT2D eigenvalue weighted by molar-refractivity contribution is 0.258. The standard InChI is InChI=1S/C14H23FN2/c1-5-17(4)10-11(2)14(16-3)12-8-6-7-9-13(12)15/h6-9,11,14,16H,5,10H2,1-4H3. The van der Waals surface area contributed by atoms with Crippen molar-refractivity contribution in [3.8, 4) is 0 Å². The molecule has 0 heterocycles. The van der Waals surface area contributed by atoms with Gasteiger partial charge in [-0.1, -0.05) is 32.0 Å². The summed E-state index contributed by atoms with van der Waals surface area (Å²) in [4.78, 5) is 2.25. The zero-order valence-electron chi connectivity index (χ0n) is 11.2. The summed E-state index contributed by atoms with van der Waals surface area (Å²) in [6, 6.07) is 7.06. The van der Waals surface area contributed by atoms with Crippen LogP contribution < -0.4 is 5.32 Å². The van der Waals surface area contributed by atoms with Crippen LogP contribution in [0.25, 0.3) is 0 Å². The first-order chi connectivity index (χ1) is 8.10. The van der Waals surface area contributed by atoms with Gasteiger partial charge in [0.25, 0.3) is 0 Å². The topological polar surface area (TPSA) is 15.3 Å². The Morgan fingerprint density at radius 1 is 1.35 bits per heavy atom. The van der Waals surface area contributed by atoms with Gasteiger partial charge in [0.15, 0.2) is 0 Å².